The summed E-state index contributed by atoms with van der Waals surface area (Å²) in [5.41, 5.74) is -1.33. The van der Waals surface area contributed by atoms with E-state index in [-0.39, 0.29) is 48.5 Å². The fraction of sp³-hybridized carbons (Fsp3) is 0.867. The second-order valence-electron chi connectivity index (χ2n) is 13.8. The Bertz CT molecular complexity index is 1080. The van der Waals surface area contributed by atoms with Crippen molar-refractivity contribution in [3.8, 4) is 0 Å². The number of aliphatic hydroxyl groups is 4. The topological polar surface area (TPSA) is 152 Å². The third-order valence-electron chi connectivity index (χ3n) is 12.0. The molecule has 0 radical (unpaired) electrons. The van der Waals surface area contributed by atoms with E-state index in [0.717, 1.165) is 12.0 Å². The summed E-state index contributed by atoms with van der Waals surface area (Å²) in [7, 11) is 1.41. The molecule has 10 heteroatoms. The van der Waals surface area contributed by atoms with Crippen LogP contribution in [0.15, 0.2) is 11.6 Å². The molecule has 224 valence electrons. The lowest BCUT2D eigenvalue weighted by Crippen LogP contribution is -2.66. The Morgan fingerprint density at radius 3 is 2.50 bits per heavy atom. The Kier molecular flexibility index (Phi) is 7.05. The number of cyclic esters (lactones) is 1. The number of ketones is 1. The van der Waals surface area contributed by atoms with Crippen LogP contribution in [0.4, 0.5) is 0 Å². The minimum Gasteiger partial charge on any atom is -0.458 e. The predicted octanol–water partition coefficient (Wildman–Crippen LogP) is 1.26. The number of methoxy groups -OCH3 is 1. The minimum atomic E-state index is -1.22. The van der Waals surface area contributed by atoms with Crippen molar-refractivity contribution in [2.24, 2.45) is 34.5 Å². The fourth-order valence-electron chi connectivity index (χ4n) is 9.92. The zero-order chi connectivity index (χ0) is 28.8. The highest BCUT2D eigenvalue weighted by molar-refractivity contribution is 5.86. The average Bonchev–Trinajstić information content (AvgIpc) is 3.43. The first-order valence-electron chi connectivity index (χ1n) is 14.8. The molecule has 6 aliphatic rings. The van der Waals surface area contributed by atoms with Gasteiger partial charge in [-0.05, 0) is 74.2 Å². The molecule has 0 bridgehead atoms. The van der Waals surface area contributed by atoms with Crippen LogP contribution in [0.2, 0.25) is 0 Å². The smallest absolute Gasteiger partial charge is 0.331 e. The molecule has 6 rings (SSSR count). The molecule has 1 saturated heterocycles. The van der Waals surface area contributed by atoms with Gasteiger partial charge in [-0.25, -0.2) is 4.79 Å². The summed E-state index contributed by atoms with van der Waals surface area (Å²) in [5.74, 6) is -0.815. The van der Waals surface area contributed by atoms with Crippen LogP contribution in [0.3, 0.4) is 0 Å². The van der Waals surface area contributed by atoms with Crippen molar-refractivity contribution in [1.82, 2.24) is 0 Å². The van der Waals surface area contributed by atoms with Crippen LogP contribution < -0.4 is 0 Å². The first kappa shape index (κ1) is 28.7. The number of carbonyl (C=O) groups is 2. The Morgan fingerprint density at radius 1 is 1.07 bits per heavy atom. The molecule has 14 atom stereocenters. The van der Waals surface area contributed by atoms with E-state index in [1.165, 1.54) is 13.2 Å². The number of ether oxygens (including phenoxy) is 4. The second-order valence-corrected chi connectivity index (χ2v) is 13.8. The largest absolute Gasteiger partial charge is 0.458 e. The van der Waals surface area contributed by atoms with E-state index in [2.05, 4.69) is 6.92 Å². The van der Waals surface area contributed by atoms with Gasteiger partial charge in [0.25, 0.3) is 0 Å². The number of fused-ring (bicyclic) bond motifs is 5. The summed E-state index contributed by atoms with van der Waals surface area (Å²) in [4.78, 5) is 25.9. The van der Waals surface area contributed by atoms with Gasteiger partial charge in [0, 0.05) is 30.9 Å². The average molecular weight is 565 g/mol. The molecule has 0 aromatic heterocycles. The molecule has 2 aliphatic heterocycles. The van der Waals surface area contributed by atoms with E-state index in [0.29, 0.717) is 32.1 Å². The van der Waals surface area contributed by atoms with Crippen molar-refractivity contribution in [2.45, 2.75) is 114 Å². The van der Waals surface area contributed by atoms with E-state index in [1.807, 2.05) is 6.92 Å². The van der Waals surface area contributed by atoms with Crippen LogP contribution in [0.25, 0.3) is 0 Å². The molecule has 0 unspecified atom stereocenters. The lowest BCUT2D eigenvalue weighted by Gasteiger charge is -2.63. The van der Waals surface area contributed by atoms with Crippen molar-refractivity contribution in [3.05, 3.63) is 11.6 Å². The highest BCUT2D eigenvalue weighted by Gasteiger charge is 2.70. The number of hydrogen-bond donors (Lipinski definition) is 4. The lowest BCUT2D eigenvalue weighted by molar-refractivity contribution is -0.321. The molecular weight excluding hydrogens is 520 g/mol. The zero-order valence-electron chi connectivity index (χ0n) is 23.8. The van der Waals surface area contributed by atoms with Gasteiger partial charge in [-0.3, -0.25) is 4.79 Å². The molecule has 0 aromatic carbocycles. The Hall–Kier alpha value is -1.40. The summed E-state index contributed by atoms with van der Waals surface area (Å²) < 4.78 is 22.4. The van der Waals surface area contributed by atoms with Crippen molar-refractivity contribution >= 4 is 11.8 Å². The molecule has 0 aromatic rings. The maximum Gasteiger partial charge on any atom is 0.331 e. The highest BCUT2D eigenvalue weighted by Crippen LogP contribution is 2.69. The molecule has 4 N–H and O–H groups in total. The van der Waals surface area contributed by atoms with Gasteiger partial charge in [-0.1, -0.05) is 13.8 Å². The summed E-state index contributed by atoms with van der Waals surface area (Å²) >= 11 is 0. The van der Waals surface area contributed by atoms with E-state index in [1.54, 1.807) is 6.92 Å². The van der Waals surface area contributed by atoms with Crippen LogP contribution >= 0.6 is 0 Å². The van der Waals surface area contributed by atoms with Gasteiger partial charge in [-0.2, -0.15) is 0 Å². The highest BCUT2D eigenvalue weighted by atomic mass is 16.7. The number of carbonyl (C=O) groups excluding carboxylic acids is 2. The third kappa shape index (κ3) is 4.01. The van der Waals surface area contributed by atoms with Gasteiger partial charge in [0.05, 0.1) is 23.9 Å². The van der Waals surface area contributed by atoms with Gasteiger partial charge < -0.3 is 39.4 Å². The Labute approximate surface area is 235 Å². The van der Waals surface area contributed by atoms with Crippen LogP contribution in [0, 0.1) is 34.5 Å². The maximum absolute atomic E-state index is 14.1. The fourth-order valence-corrected chi connectivity index (χ4v) is 9.92. The summed E-state index contributed by atoms with van der Waals surface area (Å²) in [6, 6.07) is 0. The number of Topliss-reactive ketones (excluding diaryl/α,β-unsaturated/α-hetero) is 1. The van der Waals surface area contributed by atoms with Crippen LogP contribution in [-0.2, 0) is 28.5 Å². The normalized spacial score (nSPS) is 54.3. The molecule has 4 saturated carbocycles. The van der Waals surface area contributed by atoms with Gasteiger partial charge in [0.1, 0.15) is 30.7 Å². The standard InChI is InChI=1S/C30H44O10/c1-14-24(34)26(37-4)25(35)27(39-14)40-21-10-16-5-6-18-23(28(16,2)11-19(21)31)20(32)12-29(3)17(7-8-30(18,29)36)15-9-22(33)38-13-15/h9,14,16-19,21,23-27,31,34-36H,5-8,10-13H2,1-4H3/t14-,16-,17-,18-,19-,21-,23-,24+,25-,26+,27+,28+,29-,30+/m1/s1. The van der Waals surface area contributed by atoms with Crippen LogP contribution in [0.5, 0.6) is 0 Å². The lowest BCUT2D eigenvalue weighted by atomic mass is 9.42. The van der Waals surface area contributed by atoms with E-state index < -0.39 is 59.3 Å². The monoisotopic (exact) mass is 564 g/mol. The van der Waals surface area contributed by atoms with Crippen molar-refractivity contribution < 1.29 is 49.0 Å². The molecule has 4 aliphatic carbocycles. The van der Waals surface area contributed by atoms with E-state index >= 15 is 0 Å². The van der Waals surface area contributed by atoms with Crippen LogP contribution in [-0.4, -0.2) is 94.4 Å². The molecule has 2 heterocycles. The van der Waals surface area contributed by atoms with E-state index in [4.69, 9.17) is 18.9 Å². The van der Waals surface area contributed by atoms with Crippen molar-refractivity contribution in [2.75, 3.05) is 13.7 Å². The maximum atomic E-state index is 14.1. The third-order valence-corrected chi connectivity index (χ3v) is 12.0. The van der Waals surface area contributed by atoms with Crippen LogP contribution in [0.1, 0.15) is 65.7 Å². The van der Waals surface area contributed by atoms with Gasteiger partial charge in [0.15, 0.2) is 6.29 Å². The number of aliphatic hydroxyl groups excluding tert-OH is 3. The van der Waals surface area contributed by atoms with Crippen molar-refractivity contribution in [3.63, 3.8) is 0 Å². The second kappa shape index (κ2) is 9.82. The number of rotatable bonds is 4. The van der Waals surface area contributed by atoms with Crippen molar-refractivity contribution in [1.29, 1.82) is 0 Å². The van der Waals surface area contributed by atoms with Gasteiger partial charge >= 0.3 is 5.97 Å². The molecular formula is C30H44O10. The summed E-state index contributed by atoms with van der Waals surface area (Å²) in [5, 5.41) is 44.8. The quantitative estimate of drug-likeness (QED) is 0.290. The molecule has 0 amide bonds. The first-order chi connectivity index (χ1) is 18.8. The SMILES string of the molecule is CO[C@H]1[C@@H](O)[C@@H](C)O[C@@H](O[C@@H]2C[C@H]3CC[C@@H]4[C@H](C(=O)C[C@]5(C)[C@@H](C6=CC(=O)OC6)CC[C@]45O)[C@@]3(C)C[C@H]2O)[C@@H]1O. The zero-order valence-corrected chi connectivity index (χ0v) is 23.8. The summed E-state index contributed by atoms with van der Waals surface area (Å²) in [6.07, 6.45) is -0.875. The Morgan fingerprint density at radius 2 is 1.82 bits per heavy atom. The van der Waals surface area contributed by atoms with Gasteiger partial charge in [0.2, 0.25) is 0 Å². The molecule has 40 heavy (non-hydrogen) atoms. The Balaban J connectivity index is 1.22. The minimum absolute atomic E-state index is 0.0761. The van der Waals surface area contributed by atoms with E-state index in [9.17, 15) is 30.0 Å². The molecule has 10 nitrogen and oxygen atoms in total. The van der Waals surface area contributed by atoms with Gasteiger partial charge in [-0.15, -0.1) is 0 Å². The number of esters is 1. The predicted molar refractivity (Wildman–Crippen MR) is 140 cm³/mol. The summed E-state index contributed by atoms with van der Waals surface area (Å²) in [6.45, 7) is 6.01. The molecule has 5 fully saturated rings. The molecule has 0 spiro atoms. The first-order valence-corrected chi connectivity index (χ1v) is 14.8. The number of hydrogen-bond acceptors (Lipinski definition) is 10.